The molecule has 0 rings (SSSR count). The Kier molecular flexibility index (Phi) is 62.8. The Hall–Kier alpha value is -4.19. The van der Waals surface area contributed by atoms with Crippen LogP contribution in [0.3, 0.4) is 0 Å². The quantitative estimate of drug-likeness (QED) is 0.0261. The summed E-state index contributed by atoms with van der Waals surface area (Å²) >= 11 is 0. The topological polar surface area (TPSA) is 78.9 Å². The smallest absolute Gasteiger partial charge is 0.306 e. The molecule has 0 aromatic carbocycles. The van der Waals surface area contributed by atoms with Crippen LogP contribution in [0.4, 0.5) is 0 Å². The molecule has 0 heterocycles. The summed E-state index contributed by atoms with van der Waals surface area (Å²) in [5.41, 5.74) is 0. The highest BCUT2D eigenvalue weighted by Gasteiger charge is 2.19. The van der Waals surface area contributed by atoms with Crippen molar-refractivity contribution in [3.05, 3.63) is 122 Å². The first-order chi connectivity index (χ1) is 39.0. The van der Waals surface area contributed by atoms with E-state index in [2.05, 4.69) is 142 Å². The molecule has 0 bridgehead atoms. The molecule has 0 saturated carbocycles. The standard InChI is InChI=1S/C73H122O6/c1-4-7-10-13-16-19-22-25-28-29-30-31-32-33-34-35-36-37-38-39-40-41-42-43-46-48-51-54-57-60-63-66-72(75)78-69-70(79-73(76)67-64-61-58-55-52-49-45-27-24-21-18-15-12-9-6-3)68-77-71(74)65-62-59-56-53-50-47-44-26-23-20-17-14-11-8-5-2/h7,10,16,18-19,21,25-28,30-31,33-34,36-37,39-40,44-45,70H,4-6,8-9,11-15,17,20,22-24,29,32,35,38,41-43,46-69H2,1-3H3/b10-7-,19-16-,21-18-,28-25-,31-30-,34-33-,37-36-,40-39-,44-26-,45-27-. The fourth-order valence-corrected chi connectivity index (χ4v) is 8.98. The van der Waals surface area contributed by atoms with Crippen LogP contribution in [0.2, 0.25) is 0 Å². The number of unbranched alkanes of at least 4 members (excludes halogenated alkanes) is 28. The summed E-state index contributed by atoms with van der Waals surface area (Å²) in [5.74, 6) is -0.912. The van der Waals surface area contributed by atoms with Crippen molar-refractivity contribution in [2.24, 2.45) is 0 Å². The molecule has 0 amide bonds. The molecule has 0 radical (unpaired) electrons. The van der Waals surface area contributed by atoms with Gasteiger partial charge in [0.1, 0.15) is 13.2 Å². The fourth-order valence-electron chi connectivity index (χ4n) is 8.98. The number of hydrogen-bond donors (Lipinski definition) is 0. The average molecular weight is 1100 g/mol. The highest BCUT2D eigenvalue weighted by Crippen LogP contribution is 2.15. The maximum Gasteiger partial charge on any atom is 0.306 e. The van der Waals surface area contributed by atoms with E-state index < -0.39 is 6.10 Å². The molecule has 450 valence electrons. The van der Waals surface area contributed by atoms with Gasteiger partial charge in [0.25, 0.3) is 0 Å². The van der Waals surface area contributed by atoms with E-state index in [1.165, 1.54) is 122 Å². The first-order valence-corrected chi connectivity index (χ1v) is 33.0. The first kappa shape index (κ1) is 74.8. The molecular weight excluding hydrogens is 973 g/mol. The second-order valence-corrected chi connectivity index (χ2v) is 21.6. The van der Waals surface area contributed by atoms with Gasteiger partial charge in [-0.25, -0.2) is 0 Å². The van der Waals surface area contributed by atoms with Gasteiger partial charge in [-0.1, -0.05) is 271 Å². The molecule has 1 unspecified atom stereocenters. The number of rotatable bonds is 59. The van der Waals surface area contributed by atoms with Crippen LogP contribution in [0.5, 0.6) is 0 Å². The third kappa shape index (κ3) is 64.5. The number of ether oxygens (including phenoxy) is 3. The predicted molar refractivity (Wildman–Crippen MR) is 343 cm³/mol. The van der Waals surface area contributed by atoms with Crippen molar-refractivity contribution in [2.45, 2.75) is 309 Å². The number of allylic oxidation sites excluding steroid dienone is 20. The van der Waals surface area contributed by atoms with Gasteiger partial charge in [0.15, 0.2) is 6.10 Å². The molecular formula is C73H122O6. The van der Waals surface area contributed by atoms with Crippen LogP contribution in [-0.2, 0) is 28.6 Å². The first-order valence-electron chi connectivity index (χ1n) is 33.0. The molecule has 1 atom stereocenters. The van der Waals surface area contributed by atoms with Crippen molar-refractivity contribution < 1.29 is 28.6 Å². The van der Waals surface area contributed by atoms with Gasteiger partial charge in [0.2, 0.25) is 0 Å². The highest BCUT2D eigenvalue weighted by atomic mass is 16.6. The molecule has 0 aliphatic carbocycles. The van der Waals surface area contributed by atoms with Crippen molar-refractivity contribution in [3.63, 3.8) is 0 Å². The lowest BCUT2D eigenvalue weighted by Crippen LogP contribution is -2.30. The zero-order valence-electron chi connectivity index (χ0n) is 51.6. The Bertz CT molecular complexity index is 1640. The molecule has 79 heavy (non-hydrogen) atoms. The van der Waals surface area contributed by atoms with E-state index in [-0.39, 0.29) is 31.1 Å². The normalized spacial score (nSPS) is 12.9. The maximum atomic E-state index is 12.9. The van der Waals surface area contributed by atoms with Crippen molar-refractivity contribution in [3.8, 4) is 0 Å². The third-order valence-corrected chi connectivity index (χ3v) is 13.9. The second kappa shape index (κ2) is 66.3. The minimum atomic E-state index is -0.795. The minimum Gasteiger partial charge on any atom is -0.462 e. The van der Waals surface area contributed by atoms with Crippen LogP contribution in [0.25, 0.3) is 0 Å². The molecule has 0 aromatic rings. The van der Waals surface area contributed by atoms with Gasteiger partial charge in [-0.3, -0.25) is 14.4 Å². The monoisotopic (exact) mass is 1090 g/mol. The minimum absolute atomic E-state index is 0.0904. The summed E-state index contributed by atoms with van der Waals surface area (Å²) in [4.78, 5) is 38.3. The maximum absolute atomic E-state index is 12.9. The third-order valence-electron chi connectivity index (χ3n) is 13.9. The van der Waals surface area contributed by atoms with E-state index in [0.717, 1.165) is 141 Å². The van der Waals surface area contributed by atoms with Gasteiger partial charge in [0.05, 0.1) is 0 Å². The van der Waals surface area contributed by atoms with Crippen LogP contribution < -0.4 is 0 Å². The number of hydrogen-bond acceptors (Lipinski definition) is 6. The van der Waals surface area contributed by atoms with Gasteiger partial charge in [-0.05, 0) is 135 Å². The van der Waals surface area contributed by atoms with E-state index in [1.54, 1.807) is 0 Å². The molecule has 0 aliphatic heterocycles. The zero-order chi connectivity index (χ0) is 57.1. The number of esters is 3. The molecule has 6 heteroatoms. The summed E-state index contributed by atoms with van der Waals surface area (Å²) in [6.45, 7) is 6.49. The number of carbonyl (C=O) groups excluding carboxylic acids is 3. The Balaban J connectivity index is 4.31. The van der Waals surface area contributed by atoms with Crippen LogP contribution in [0.15, 0.2) is 122 Å². The molecule has 0 aromatic heterocycles. The Morgan fingerprint density at radius 3 is 0.810 bits per heavy atom. The second-order valence-electron chi connectivity index (χ2n) is 21.6. The summed E-state index contributed by atoms with van der Waals surface area (Å²) in [6, 6.07) is 0. The lowest BCUT2D eigenvalue weighted by molar-refractivity contribution is -0.167. The zero-order valence-corrected chi connectivity index (χ0v) is 51.6. The SMILES string of the molecule is CC/C=C\C/C=C\C/C=C\C/C=C\C/C=C\C/C=C\C/C=C\CCCCCCCCCCCC(=O)OCC(COC(=O)CCCCCCC/C=C\CCCCCCCC)OC(=O)CCCCCCC/C=C\C/C=C\CCCCC. The van der Waals surface area contributed by atoms with Crippen LogP contribution >= 0.6 is 0 Å². The average Bonchev–Trinajstić information content (AvgIpc) is 3.45. The largest absolute Gasteiger partial charge is 0.462 e. The Morgan fingerprint density at radius 2 is 0.494 bits per heavy atom. The molecule has 0 aliphatic rings. The van der Waals surface area contributed by atoms with Crippen molar-refractivity contribution >= 4 is 17.9 Å². The van der Waals surface area contributed by atoms with Crippen LogP contribution in [-0.4, -0.2) is 37.2 Å². The van der Waals surface area contributed by atoms with Crippen molar-refractivity contribution in [2.75, 3.05) is 13.2 Å². The van der Waals surface area contributed by atoms with E-state index in [9.17, 15) is 14.4 Å². The number of carbonyl (C=O) groups is 3. The predicted octanol–water partition coefficient (Wildman–Crippen LogP) is 22.8. The van der Waals surface area contributed by atoms with Gasteiger partial charge in [-0.15, -0.1) is 0 Å². The van der Waals surface area contributed by atoms with E-state index in [4.69, 9.17) is 14.2 Å². The molecule has 0 saturated heterocycles. The summed E-state index contributed by atoms with van der Waals surface area (Å²) < 4.78 is 16.9. The molecule has 0 N–H and O–H groups in total. The van der Waals surface area contributed by atoms with Gasteiger partial charge >= 0.3 is 17.9 Å². The lowest BCUT2D eigenvalue weighted by Gasteiger charge is -2.18. The fraction of sp³-hybridized carbons (Fsp3) is 0.685. The van der Waals surface area contributed by atoms with Crippen LogP contribution in [0.1, 0.15) is 303 Å². The molecule has 0 spiro atoms. The Morgan fingerprint density at radius 1 is 0.266 bits per heavy atom. The van der Waals surface area contributed by atoms with Gasteiger partial charge in [-0.2, -0.15) is 0 Å². The van der Waals surface area contributed by atoms with Crippen LogP contribution in [0, 0.1) is 0 Å². The van der Waals surface area contributed by atoms with Crippen molar-refractivity contribution in [1.29, 1.82) is 0 Å². The van der Waals surface area contributed by atoms with Crippen molar-refractivity contribution in [1.82, 2.24) is 0 Å². The van der Waals surface area contributed by atoms with E-state index in [0.29, 0.717) is 19.3 Å². The van der Waals surface area contributed by atoms with Gasteiger partial charge in [0, 0.05) is 19.3 Å². The van der Waals surface area contributed by atoms with E-state index >= 15 is 0 Å². The lowest BCUT2D eigenvalue weighted by atomic mass is 10.1. The highest BCUT2D eigenvalue weighted by molar-refractivity contribution is 5.71. The van der Waals surface area contributed by atoms with Gasteiger partial charge < -0.3 is 14.2 Å². The summed E-state index contributed by atoms with van der Waals surface area (Å²) in [5, 5.41) is 0. The molecule has 0 fully saturated rings. The van der Waals surface area contributed by atoms with E-state index in [1.807, 2.05) is 0 Å². The summed E-state index contributed by atoms with van der Waals surface area (Å²) in [6.07, 6.45) is 92.0. The summed E-state index contributed by atoms with van der Waals surface area (Å²) in [7, 11) is 0. The molecule has 6 nitrogen and oxygen atoms in total. The Labute approximate surface area is 488 Å².